The average molecular weight is 371 g/mol. The molecule has 0 amide bonds. The van der Waals surface area contributed by atoms with E-state index in [2.05, 4.69) is 20.8 Å². The van der Waals surface area contributed by atoms with Crippen LogP contribution in [0.1, 0.15) is 34.6 Å². The van der Waals surface area contributed by atoms with Crippen molar-refractivity contribution < 1.29 is 14.8 Å². The average Bonchev–Trinajstić information content (AvgIpc) is 2.53. The molecule has 0 fully saturated rings. The Labute approximate surface area is 155 Å². The third-order valence-electron chi connectivity index (χ3n) is 2.28. The maximum atomic E-state index is 9.06. The van der Waals surface area contributed by atoms with Gasteiger partial charge in [0.2, 0.25) is 0 Å². The third kappa shape index (κ3) is 9.19. The molecule has 2 rings (SSSR count). The van der Waals surface area contributed by atoms with E-state index < -0.39 is 7.12 Å². The molecule has 0 aromatic heterocycles. The first-order valence-corrected chi connectivity index (χ1v) is 8.64. The molecule has 0 saturated carbocycles. The van der Waals surface area contributed by atoms with Crippen LogP contribution in [-0.2, 0) is 0 Å². The van der Waals surface area contributed by atoms with Crippen LogP contribution in [0, 0.1) is 5.92 Å². The Hall–Kier alpha value is -1.20. The molecule has 0 spiro atoms. The lowest BCUT2D eigenvalue weighted by Gasteiger charge is -2.08. The van der Waals surface area contributed by atoms with Crippen molar-refractivity contribution >= 4 is 35.8 Å². The minimum atomic E-state index is -1.53. The molecule has 0 unspecified atom stereocenters. The van der Waals surface area contributed by atoms with E-state index in [9.17, 15) is 0 Å². The summed E-state index contributed by atoms with van der Waals surface area (Å²) < 4.78 is 5.54. The molecule has 2 aromatic carbocycles. The minimum absolute atomic E-state index is 0.354. The first-order valence-electron chi connectivity index (χ1n) is 7.88. The predicted octanol–water partition coefficient (Wildman–Crippen LogP) is 5.15. The van der Waals surface area contributed by atoms with Crippen molar-refractivity contribution in [1.29, 1.82) is 0 Å². The van der Waals surface area contributed by atoms with Crippen molar-refractivity contribution in [3.05, 3.63) is 52.5 Å². The summed E-state index contributed by atoms with van der Waals surface area (Å²) in [6, 6.07) is 11.4. The molecule has 0 radical (unpaired) electrons. The van der Waals surface area contributed by atoms with E-state index in [1.807, 2.05) is 13.8 Å². The van der Waals surface area contributed by atoms with E-state index in [0.717, 1.165) is 5.92 Å². The van der Waals surface area contributed by atoms with Crippen molar-refractivity contribution in [3.63, 3.8) is 0 Å². The van der Waals surface area contributed by atoms with Gasteiger partial charge in [-0.3, -0.25) is 0 Å². The summed E-state index contributed by atoms with van der Waals surface area (Å²) in [7, 11) is -1.53. The topological polar surface area (TPSA) is 49.7 Å². The summed E-state index contributed by atoms with van der Waals surface area (Å²) in [5, 5.41) is 19.0. The molecule has 6 heteroatoms. The monoisotopic (exact) mass is 370 g/mol. The Bertz CT molecular complexity index is 602. The van der Waals surface area contributed by atoms with Gasteiger partial charge in [0.25, 0.3) is 0 Å². The summed E-state index contributed by atoms with van der Waals surface area (Å²) in [6.07, 6.45) is 0. The number of benzene rings is 2. The van der Waals surface area contributed by atoms with Crippen LogP contribution >= 0.6 is 23.2 Å². The Morgan fingerprint density at radius 3 is 1.92 bits per heavy atom. The highest BCUT2D eigenvalue weighted by atomic mass is 35.5. The zero-order chi connectivity index (χ0) is 18.7. The van der Waals surface area contributed by atoms with Gasteiger partial charge in [0.05, 0.1) is 10.0 Å². The highest BCUT2D eigenvalue weighted by Gasteiger charge is 2.11. The molecule has 0 atom stereocenters. The van der Waals surface area contributed by atoms with Gasteiger partial charge in [0, 0.05) is 6.07 Å². The van der Waals surface area contributed by atoms with E-state index in [1.165, 1.54) is 6.07 Å². The number of ether oxygens (including phenoxy) is 1. The molecule has 3 nitrogen and oxygen atoms in total. The van der Waals surface area contributed by atoms with Crippen LogP contribution in [-0.4, -0.2) is 17.2 Å². The highest BCUT2D eigenvalue weighted by molar-refractivity contribution is 6.58. The van der Waals surface area contributed by atoms with Gasteiger partial charge >= 0.3 is 7.12 Å². The second-order valence-corrected chi connectivity index (χ2v) is 6.17. The van der Waals surface area contributed by atoms with E-state index in [1.54, 1.807) is 36.4 Å². The Balaban J connectivity index is 0.000000773. The molecule has 132 valence electrons. The fraction of sp³-hybridized carbons (Fsp3) is 0.333. The van der Waals surface area contributed by atoms with Crippen LogP contribution in [0.4, 0.5) is 0 Å². The quantitative estimate of drug-likeness (QED) is 0.734. The molecule has 0 aliphatic heterocycles. The standard InChI is InChI=1S/C12H9BCl2O3.C4H10.C2H6/c14-11-5-4-10(7-12(11)15)18-9-3-1-2-8(6-9)13(16)17;1-4(2)3;1-2/h1-7,16-17H;4H,1-3H3;1-2H3. The zero-order valence-corrected chi connectivity index (χ0v) is 16.3. The fourth-order valence-corrected chi connectivity index (χ4v) is 1.70. The van der Waals surface area contributed by atoms with Gasteiger partial charge in [0.15, 0.2) is 0 Å². The molecule has 0 saturated heterocycles. The van der Waals surface area contributed by atoms with Crippen LogP contribution in [0.2, 0.25) is 10.0 Å². The van der Waals surface area contributed by atoms with Gasteiger partial charge in [-0.25, -0.2) is 0 Å². The summed E-state index contributed by atoms with van der Waals surface area (Å²) in [5.41, 5.74) is 0.354. The van der Waals surface area contributed by atoms with Crippen molar-refractivity contribution in [2.24, 2.45) is 5.92 Å². The maximum absolute atomic E-state index is 9.06. The Kier molecular flexibility index (Phi) is 11.6. The summed E-state index contributed by atoms with van der Waals surface area (Å²) in [5.74, 6) is 1.84. The van der Waals surface area contributed by atoms with Gasteiger partial charge < -0.3 is 14.8 Å². The van der Waals surface area contributed by atoms with E-state index >= 15 is 0 Å². The highest BCUT2D eigenvalue weighted by Crippen LogP contribution is 2.29. The number of rotatable bonds is 3. The number of hydrogen-bond acceptors (Lipinski definition) is 3. The van der Waals surface area contributed by atoms with Crippen molar-refractivity contribution in [2.75, 3.05) is 0 Å². The van der Waals surface area contributed by atoms with Crippen molar-refractivity contribution in [1.82, 2.24) is 0 Å². The van der Waals surface area contributed by atoms with Gasteiger partial charge in [-0.2, -0.15) is 0 Å². The molecule has 0 heterocycles. The molecule has 2 aromatic rings. The lowest BCUT2D eigenvalue weighted by atomic mass is 9.80. The second kappa shape index (κ2) is 12.2. The zero-order valence-electron chi connectivity index (χ0n) is 14.8. The summed E-state index contributed by atoms with van der Waals surface area (Å²) in [4.78, 5) is 0. The van der Waals surface area contributed by atoms with Crippen LogP contribution in [0.15, 0.2) is 42.5 Å². The minimum Gasteiger partial charge on any atom is -0.457 e. The van der Waals surface area contributed by atoms with Gasteiger partial charge in [-0.15, -0.1) is 0 Å². The smallest absolute Gasteiger partial charge is 0.457 e. The third-order valence-corrected chi connectivity index (χ3v) is 3.02. The largest absolute Gasteiger partial charge is 0.488 e. The van der Waals surface area contributed by atoms with Crippen LogP contribution in [0.3, 0.4) is 0 Å². The molecule has 0 aliphatic carbocycles. The lowest BCUT2D eigenvalue weighted by Crippen LogP contribution is -2.29. The van der Waals surface area contributed by atoms with Gasteiger partial charge in [-0.1, -0.05) is 70.0 Å². The van der Waals surface area contributed by atoms with Crippen LogP contribution in [0.5, 0.6) is 11.5 Å². The Morgan fingerprint density at radius 2 is 1.42 bits per heavy atom. The molecule has 0 bridgehead atoms. The SMILES string of the molecule is CC.CC(C)C.OB(O)c1cccc(Oc2ccc(Cl)c(Cl)c2)c1. The van der Waals surface area contributed by atoms with E-state index in [4.69, 9.17) is 38.0 Å². The molecular weight excluding hydrogens is 346 g/mol. The van der Waals surface area contributed by atoms with E-state index in [0.29, 0.717) is 27.0 Å². The van der Waals surface area contributed by atoms with Crippen LogP contribution in [0.25, 0.3) is 0 Å². The Morgan fingerprint density at radius 1 is 0.875 bits per heavy atom. The second-order valence-electron chi connectivity index (χ2n) is 5.36. The van der Waals surface area contributed by atoms with E-state index in [-0.39, 0.29) is 0 Å². The fourth-order valence-electron chi connectivity index (χ4n) is 1.42. The first-order chi connectivity index (χ1) is 11.3. The normalized spacial score (nSPS) is 9.42. The molecule has 2 N–H and O–H groups in total. The van der Waals surface area contributed by atoms with Gasteiger partial charge in [0.1, 0.15) is 11.5 Å². The van der Waals surface area contributed by atoms with Crippen LogP contribution < -0.4 is 10.2 Å². The van der Waals surface area contributed by atoms with Crippen molar-refractivity contribution in [2.45, 2.75) is 34.6 Å². The molecule has 24 heavy (non-hydrogen) atoms. The number of hydrogen-bond donors (Lipinski definition) is 2. The first kappa shape index (κ1) is 22.8. The summed E-state index contributed by atoms with van der Waals surface area (Å²) >= 11 is 11.7. The van der Waals surface area contributed by atoms with Crippen molar-refractivity contribution in [3.8, 4) is 11.5 Å². The maximum Gasteiger partial charge on any atom is 0.488 e. The lowest BCUT2D eigenvalue weighted by molar-refractivity contribution is 0.425. The molecule has 0 aliphatic rings. The number of halogens is 2. The van der Waals surface area contributed by atoms with Gasteiger partial charge in [-0.05, 0) is 35.6 Å². The summed E-state index contributed by atoms with van der Waals surface area (Å²) in [6.45, 7) is 10.5. The molecular formula is C18H25BCl2O3. The predicted molar refractivity (Wildman–Crippen MR) is 105 cm³/mol.